The van der Waals surface area contributed by atoms with Crippen LogP contribution in [0.15, 0.2) is 24.3 Å². The van der Waals surface area contributed by atoms with Crippen LogP contribution in [0.4, 0.5) is 0 Å². The van der Waals surface area contributed by atoms with Gasteiger partial charge in [-0.05, 0) is 37.8 Å². The minimum absolute atomic E-state index is 0.0156. The summed E-state index contributed by atoms with van der Waals surface area (Å²) in [5.74, 6) is -0.263. The van der Waals surface area contributed by atoms with E-state index in [1.54, 1.807) is 11.0 Å². The highest BCUT2D eigenvalue weighted by molar-refractivity contribution is 5.98. The van der Waals surface area contributed by atoms with Crippen molar-refractivity contribution in [2.45, 2.75) is 85.0 Å². The molecule has 1 N–H and O–H groups in total. The molecule has 0 aliphatic carbocycles. The van der Waals surface area contributed by atoms with Gasteiger partial charge in [0.1, 0.15) is 11.8 Å². The van der Waals surface area contributed by atoms with Crippen molar-refractivity contribution < 1.29 is 19.1 Å². The van der Waals surface area contributed by atoms with E-state index in [4.69, 9.17) is 4.74 Å². The molecule has 2 fully saturated rings. The van der Waals surface area contributed by atoms with E-state index < -0.39 is 11.8 Å². The monoisotopic (exact) mass is 457 g/mol. The van der Waals surface area contributed by atoms with Crippen molar-refractivity contribution in [3.05, 3.63) is 35.4 Å². The molecule has 0 bridgehead atoms. The molecule has 2 atom stereocenters. The second-order valence-corrected chi connectivity index (χ2v) is 10.8. The summed E-state index contributed by atoms with van der Waals surface area (Å²) in [6.45, 7) is 13.2. The van der Waals surface area contributed by atoms with E-state index in [-0.39, 0.29) is 35.8 Å². The van der Waals surface area contributed by atoms with Gasteiger partial charge in [0.25, 0.3) is 5.91 Å². The summed E-state index contributed by atoms with van der Waals surface area (Å²) in [6.07, 6.45) is 2.27. The lowest BCUT2D eigenvalue weighted by molar-refractivity contribution is -0.145. The van der Waals surface area contributed by atoms with Crippen molar-refractivity contribution in [3.8, 4) is 0 Å². The van der Waals surface area contributed by atoms with Crippen molar-refractivity contribution in [2.75, 3.05) is 19.7 Å². The van der Waals surface area contributed by atoms with Gasteiger partial charge >= 0.3 is 0 Å². The first-order chi connectivity index (χ1) is 15.5. The smallest absolute Gasteiger partial charge is 0.256 e. The fourth-order valence-corrected chi connectivity index (χ4v) is 4.60. The fraction of sp³-hybridized carbons (Fsp3) is 0.654. The number of ether oxygens (including phenoxy) is 1. The molecule has 0 saturated carbocycles. The second-order valence-electron chi connectivity index (χ2n) is 10.8. The maximum Gasteiger partial charge on any atom is 0.256 e. The number of carbonyl (C=O) groups is 3. The Morgan fingerprint density at radius 3 is 2.45 bits per heavy atom. The van der Waals surface area contributed by atoms with Crippen molar-refractivity contribution in [3.63, 3.8) is 0 Å². The van der Waals surface area contributed by atoms with E-state index in [1.165, 1.54) is 0 Å². The molecule has 2 saturated heterocycles. The van der Waals surface area contributed by atoms with E-state index in [1.807, 2.05) is 43.9 Å². The van der Waals surface area contributed by atoms with Crippen LogP contribution >= 0.6 is 0 Å². The summed E-state index contributed by atoms with van der Waals surface area (Å²) in [4.78, 5) is 43.1. The first-order valence-electron chi connectivity index (χ1n) is 12.1. The van der Waals surface area contributed by atoms with Crippen LogP contribution in [0.5, 0.6) is 0 Å². The van der Waals surface area contributed by atoms with Crippen LogP contribution in [-0.2, 0) is 14.3 Å². The molecule has 3 rings (SSSR count). The topological polar surface area (TPSA) is 79.0 Å². The maximum atomic E-state index is 13.7. The van der Waals surface area contributed by atoms with Crippen LogP contribution in [0, 0.1) is 12.3 Å². The number of likely N-dealkylation sites (tertiary alicyclic amines) is 1. The molecule has 0 aromatic heterocycles. The van der Waals surface area contributed by atoms with Gasteiger partial charge in [-0.2, -0.15) is 0 Å². The minimum atomic E-state index is -0.878. The van der Waals surface area contributed by atoms with Gasteiger partial charge in [-0.25, -0.2) is 0 Å². The standard InChI is InChI=1S/C26H39N3O4/c1-7-19(3)27-23(31)21-17-33-26(29(21)24(32)20-10-8-9-18(2)15-20)11-13-28(14-12-26)22(30)16-25(4,5)6/h8-10,15,19,21H,7,11-14,16-17H2,1-6H3,(H,27,31)/t19-,21-/m1/s1. The SMILES string of the molecule is CC[C@@H](C)NC(=O)[C@H]1COC2(CCN(C(=O)CC(C)(C)C)CC2)N1C(=O)c1cccc(C)c1. The predicted molar refractivity (Wildman–Crippen MR) is 128 cm³/mol. The summed E-state index contributed by atoms with van der Waals surface area (Å²) >= 11 is 0. The molecule has 2 aliphatic heterocycles. The van der Waals surface area contributed by atoms with Crippen LogP contribution in [0.1, 0.15) is 76.2 Å². The van der Waals surface area contributed by atoms with Crippen LogP contribution in [-0.4, -0.2) is 65.0 Å². The van der Waals surface area contributed by atoms with Crippen molar-refractivity contribution in [2.24, 2.45) is 5.41 Å². The summed E-state index contributed by atoms with van der Waals surface area (Å²) in [5, 5.41) is 3.02. The minimum Gasteiger partial charge on any atom is -0.353 e. The number of piperidine rings is 1. The Labute approximate surface area is 197 Å². The summed E-state index contributed by atoms with van der Waals surface area (Å²) in [7, 11) is 0. The van der Waals surface area contributed by atoms with E-state index in [2.05, 4.69) is 26.1 Å². The van der Waals surface area contributed by atoms with Crippen molar-refractivity contribution in [1.29, 1.82) is 0 Å². The molecular formula is C26H39N3O4. The van der Waals surface area contributed by atoms with Gasteiger partial charge in [0.2, 0.25) is 11.8 Å². The Bertz CT molecular complexity index is 884. The first-order valence-corrected chi connectivity index (χ1v) is 12.1. The van der Waals surface area contributed by atoms with E-state index in [9.17, 15) is 14.4 Å². The molecule has 7 nitrogen and oxygen atoms in total. The van der Waals surface area contributed by atoms with Gasteiger partial charge in [0.15, 0.2) is 0 Å². The number of nitrogens with one attached hydrogen (secondary N) is 1. The first kappa shape index (κ1) is 25.2. The van der Waals surface area contributed by atoms with E-state index in [0.717, 1.165) is 12.0 Å². The number of aryl methyl sites for hydroxylation is 1. The molecule has 3 amide bonds. The number of rotatable bonds is 5. The van der Waals surface area contributed by atoms with Gasteiger partial charge in [-0.3, -0.25) is 19.3 Å². The molecule has 1 aromatic carbocycles. The molecule has 182 valence electrons. The Kier molecular flexibility index (Phi) is 7.52. The van der Waals surface area contributed by atoms with Gasteiger partial charge in [-0.15, -0.1) is 0 Å². The zero-order chi connectivity index (χ0) is 24.4. The third kappa shape index (κ3) is 5.75. The van der Waals surface area contributed by atoms with Crippen LogP contribution in [0.2, 0.25) is 0 Å². The van der Waals surface area contributed by atoms with E-state index in [0.29, 0.717) is 37.9 Å². The Hall–Kier alpha value is -2.41. The van der Waals surface area contributed by atoms with Crippen LogP contribution in [0.3, 0.4) is 0 Å². The molecule has 1 spiro atoms. The van der Waals surface area contributed by atoms with Gasteiger partial charge in [0.05, 0.1) is 6.61 Å². The highest BCUT2D eigenvalue weighted by Crippen LogP contribution is 2.39. The third-order valence-electron chi connectivity index (χ3n) is 6.63. The number of hydrogen-bond acceptors (Lipinski definition) is 4. The van der Waals surface area contributed by atoms with Crippen molar-refractivity contribution >= 4 is 17.7 Å². The summed E-state index contributed by atoms with van der Waals surface area (Å²) in [5.41, 5.74) is 0.574. The summed E-state index contributed by atoms with van der Waals surface area (Å²) < 4.78 is 6.25. The Morgan fingerprint density at radius 1 is 1.21 bits per heavy atom. The molecule has 0 radical (unpaired) electrons. The van der Waals surface area contributed by atoms with E-state index >= 15 is 0 Å². The number of benzene rings is 1. The molecule has 33 heavy (non-hydrogen) atoms. The third-order valence-corrected chi connectivity index (χ3v) is 6.63. The molecule has 2 heterocycles. The number of carbonyl (C=O) groups excluding carboxylic acids is 3. The molecule has 0 unspecified atom stereocenters. The molecule has 1 aromatic rings. The molecular weight excluding hydrogens is 418 g/mol. The lowest BCUT2D eigenvalue weighted by Crippen LogP contribution is -2.60. The molecule has 7 heteroatoms. The zero-order valence-electron chi connectivity index (χ0n) is 20.9. The Balaban J connectivity index is 1.85. The quantitative estimate of drug-likeness (QED) is 0.734. The Morgan fingerprint density at radius 2 is 1.88 bits per heavy atom. The number of amides is 3. The predicted octanol–water partition coefficient (Wildman–Crippen LogP) is 3.51. The highest BCUT2D eigenvalue weighted by Gasteiger charge is 2.54. The van der Waals surface area contributed by atoms with Gasteiger partial charge < -0.3 is 15.0 Å². The average Bonchev–Trinajstić information content (AvgIpc) is 3.11. The van der Waals surface area contributed by atoms with Gasteiger partial charge in [0, 0.05) is 44.0 Å². The van der Waals surface area contributed by atoms with Crippen LogP contribution in [0.25, 0.3) is 0 Å². The largest absolute Gasteiger partial charge is 0.353 e. The number of hydrogen-bond donors (Lipinski definition) is 1. The number of nitrogens with zero attached hydrogens (tertiary/aromatic N) is 2. The lowest BCUT2D eigenvalue weighted by atomic mass is 9.90. The molecule has 2 aliphatic rings. The van der Waals surface area contributed by atoms with Crippen molar-refractivity contribution in [1.82, 2.24) is 15.1 Å². The fourth-order valence-electron chi connectivity index (χ4n) is 4.60. The van der Waals surface area contributed by atoms with Crippen LogP contribution < -0.4 is 5.32 Å². The second kappa shape index (κ2) is 9.84. The zero-order valence-corrected chi connectivity index (χ0v) is 20.9. The average molecular weight is 458 g/mol. The maximum absolute atomic E-state index is 13.7. The van der Waals surface area contributed by atoms with Gasteiger partial charge in [-0.1, -0.05) is 45.4 Å². The normalized spacial score (nSPS) is 21.2. The highest BCUT2D eigenvalue weighted by atomic mass is 16.5. The lowest BCUT2D eigenvalue weighted by Gasteiger charge is -2.45. The summed E-state index contributed by atoms with van der Waals surface area (Å²) in [6, 6.07) is 6.76.